The molecule has 2 aromatic rings. The zero-order chi connectivity index (χ0) is 17.1. The van der Waals surface area contributed by atoms with Gasteiger partial charge < -0.3 is 16.0 Å². The average Bonchev–Trinajstić information content (AvgIpc) is 2.57. The van der Waals surface area contributed by atoms with Crippen molar-refractivity contribution in [3.63, 3.8) is 0 Å². The fourth-order valence-electron chi connectivity index (χ4n) is 2.74. The van der Waals surface area contributed by atoms with Gasteiger partial charge in [-0.1, -0.05) is 17.7 Å². The Labute approximate surface area is 139 Å². The molecule has 0 atom stereocenters. The highest BCUT2D eigenvalue weighted by atomic mass is 16.6. The van der Waals surface area contributed by atoms with E-state index in [0.717, 1.165) is 31.5 Å². The number of hydrogen-bond acceptors (Lipinski definition) is 7. The van der Waals surface area contributed by atoms with E-state index in [1.165, 1.54) is 6.42 Å². The second kappa shape index (κ2) is 6.69. The van der Waals surface area contributed by atoms with E-state index in [-0.39, 0.29) is 17.3 Å². The van der Waals surface area contributed by atoms with E-state index in [1.54, 1.807) is 0 Å². The summed E-state index contributed by atoms with van der Waals surface area (Å²) in [4.78, 5) is 21.4. The highest BCUT2D eigenvalue weighted by Crippen LogP contribution is 2.32. The first-order valence-electron chi connectivity index (χ1n) is 7.95. The van der Waals surface area contributed by atoms with E-state index in [2.05, 4.69) is 15.3 Å². The van der Waals surface area contributed by atoms with Crippen LogP contribution >= 0.6 is 0 Å². The van der Waals surface area contributed by atoms with Crippen molar-refractivity contribution >= 4 is 29.0 Å². The molecule has 0 spiro atoms. The third-order valence-electron chi connectivity index (χ3n) is 4.03. The lowest BCUT2D eigenvalue weighted by Gasteiger charge is -2.27. The van der Waals surface area contributed by atoms with E-state index in [9.17, 15) is 10.1 Å². The Morgan fingerprint density at radius 3 is 2.46 bits per heavy atom. The van der Waals surface area contributed by atoms with E-state index in [0.29, 0.717) is 11.6 Å². The van der Waals surface area contributed by atoms with Gasteiger partial charge in [0.25, 0.3) is 0 Å². The molecule has 8 nitrogen and oxygen atoms in total. The van der Waals surface area contributed by atoms with Gasteiger partial charge in [0.05, 0.1) is 4.92 Å². The quantitative estimate of drug-likeness (QED) is 0.655. The maximum atomic E-state index is 11.4. The summed E-state index contributed by atoms with van der Waals surface area (Å²) in [6.45, 7) is 3.64. The van der Waals surface area contributed by atoms with Crippen molar-refractivity contribution in [2.45, 2.75) is 26.2 Å². The standard InChI is InChI=1S/C16H20N6O2/c1-11-5-7-12(8-6-11)18-15-13(22(23)24)14(17)19-16(20-15)21-9-3-2-4-10-21/h5-8H,2-4,9-10H2,1H3,(H3,17,18,19,20). The van der Waals surface area contributed by atoms with Crippen molar-refractivity contribution in [2.24, 2.45) is 0 Å². The first kappa shape index (κ1) is 16.0. The van der Waals surface area contributed by atoms with Gasteiger partial charge in [-0.2, -0.15) is 9.97 Å². The fraction of sp³-hybridized carbons (Fsp3) is 0.375. The summed E-state index contributed by atoms with van der Waals surface area (Å²) in [6.07, 6.45) is 3.29. The maximum absolute atomic E-state index is 11.4. The average molecular weight is 328 g/mol. The van der Waals surface area contributed by atoms with Crippen molar-refractivity contribution in [2.75, 3.05) is 29.0 Å². The highest BCUT2D eigenvalue weighted by Gasteiger charge is 2.25. The van der Waals surface area contributed by atoms with E-state index >= 15 is 0 Å². The molecule has 1 aliphatic heterocycles. The molecule has 24 heavy (non-hydrogen) atoms. The second-order valence-corrected chi connectivity index (χ2v) is 5.90. The molecule has 0 bridgehead atoms. The summed E-state index contributed by atoms with van der Waals surface area (Å²) in [5.41, 5.74) is 7.37. The Balaban J connectivity index is 1.98. The molecule has 3 N–H and O–H groups in total. The zero-order valence-electron chi connectivity index (χ0n) is 13.5. The fourth-order valence-corrected chi connectivity index (χ4v) is 2.74. The number of nitrogen functional groups attached to an aromatic ring is 1. The second-order valence-electron chi connectivity index (χ2n) is 5.90. The van der Waals surface area contributed by atoms with Crippen LogP contribution < -0.4 is 16.0 Å². The Morgan fingerprint density at radius 2 is 1.83 bits per heavy atom. The molecule has 1 saturated heterocycles. The number of hydrogen-bond donors (Lipinski definition) is 2. The van der Waals surface area contributed by atoms with Gasteiger partial charge in [0.2, 0.25) is 17.6 Å². The molecule has 2 heterocycles. The van der Waals surface area contributed by atoms with Gasteiger partial charge in [-0.05, 0) is 38.3 Å². The summed E-state index contributed by atoms with van der Waals surface area (Å²) in [5.74, 6) is 0.439. The van der Waals surface area contributed by atoms with E-state index in [4.69, 9.17) is 5.73 Å². The molecule has 1 aromatic heterocycles. The molecule has 1 aromatic carbocycles. The number of nitro groups is 1. The van der Waals surface area contributed by atoms with Gasteiger partial charge >= 0.3 is 5.69 Å². The number of rotatable bonds is 4. The zero-order valence-corrected chi connectivity index (χ0v) is 13.5. The number of nitrogens with zero attached hydrogens (tertiary/aromatic N) is 4. The van der Waals surface area contributed by atoms with Crippen molar-refractivity contribution in [3.8, 4) is 0 Å². The minimum Gasteiger partial charge on any atom is -0.378 e. The van der Waals surface area contributed by atoms with Crippen LogP contribution in [0.5, 0.6) is 0 Å². The first-order valence-corrected chi connectivity index (χ1v) is 7.95. The molecule has 126 valence electrons. The third kappa shape index (κ3) is 3.37. The Morgan fingerprint density at radius 1 is 1.17 bits per heavy atom. The van der Waals surface area contributed by atoms with Gasteiger partial charge in [0.15, 0.2) is 0 Å². The van der Waals surface area contributed by atoms with Crippen LogP contribution in [0, 0.1) is 17.0 Å². The smallest absolute Gasteiger partial charge is 0.353 e. The number of nitrogens with two attached hydrogens (primary N) is 1. The summed E-state index contributed by atoms with van der Waals surface area (Å²) < 4.78 is 0. The van der Waals surface area contributed by atoms with Gasteiger partial charge in [-0.3, -0.25) is 10.1 Å². The molecule has 0 saturated carbocycles. The number of nitrogens with one attached hydrogen (secondary N) is 1. The van der Waals surface area contributed by atoms with Crippen LogP contribution in [-0.2, 0) is 0 Å². The van der Waals surface area contributed by atoms with Gasteiger partial charge in [-0.25, -0.2) is 0 Å². The molecule has 0 unspecified atom stereocenters. The highest BCUT2D eigenvalue weighted by molar-refractivity contribution is 5.74. The third-order valence-corrected chi connectivity index (χ3v) is 4.03. The van der Waals surface area contributed by atoms with E-state index < -0.39 is 4.92 Å². The van der Waals surface area contributed by atoms with Crippen LogP contribution in [0.4, 0.5) is 29.0 Å². The van der Waals surface area contributed by atoms with Crippen LogP contribution in [0.2, 0.25) is 0 Å². The van der Waals surface area contributed by atoms with Crippen LogP contribution in [0.1, 0.15) is 24.8 Å². The Hall–Kier alpha value is -2.90. The molecule has 1 aliphatic rings. The normalized spacial score (nSPS) is 14.5. The number of aryl methyl sites for hydroxylation is 1. The lowest BCUT2D eigenvalue weighted by atomic mass is 10.1. The maximum Gasteiger partial charge on any atom is 0.353 e. The molecule has 0 amide bonds. The molecule has 1 fully saturated rings. The van der Waals surface area contributed by atoms with Crippen LogP contribution in [0.15, 0.2) is 24.3 Å². The Bertz CT molecular complexity index is 741. The van der Waals surface area contributed by atoms with Crippen LogP contribution in [0.3, 0.4) is 0 Å². The van der Waals surface area contributed by atoms with Crippen molar-refractivity contribution < 1.29 is 4.92 Å². The molecular weight excluding hydrogens is 308 g/mol. The summed E-state index contributed by atoms with van der Waals surface area (Å²) in [6, 6.07) is 7.53. The molecule has 3 rings (SSSR count). The summed E-state index contributed by atoms with van der Waals surface area (Å²) in [7, 11) is 0. The largest absolute Gasteiger partial charge is 0.378 e. The number of aromatic nitrogens is 2. The van der Waals surface area contributed by atoms with Crippen molar-refractivity contribution in [1.82, 2.24) is 9.97 Å². The van der Waals surface area contributed by atoms with Gasteiger partial charge in [-0.15, -0.1) is 0 Å². The summed E-state index contributed by atoms with van der Waals surface area (Å²) >= 11 is 0. The number of piperidine rings is 1. The minimum absolute atomic E-state index is 0.120. The van der Waals surface area contributed by atoms with Crippen molar-refractivity contribution in [1.29, 1.82) is 0 Å². The first-order chi connectivity index (χ1) is 11.5. The lowest BCUT2D eigenvalue weighted by Crippen LogP contribution is -2.31. The predicted octanol–water partition coefficient (Wildman–Crippen LogP) is 3.01. The monoisotopic (exact) mass is 328 g/mol. The molecule has 0 radical (unpaired) electrons. The van der Waals surface area contributed by atoms with E-state index in [1.807, 2.05) is 36.1 Å². The van der Waals surface area contributed by atoms with Crippen LogP contribution in [0.25, 0.3) is 0 Å². The number of benzene rings is 1. The van der Waals surface area contributed by atoms with Gasteiger partial charge in [0, 0.05) is 18.8 Å². The SMILES string of the molecule is Cc1ccc(Nc2nc(N3CCCCC3)nc(N)c2[N+](=O)[O-])cc1. The number of anilines is 4. The topological polar surface area (TPSA) is 110 Å². The predicted molar refractivity (Wildman–Crippen MR) is 93.6 cm³/mol. The molecule has 0 aliphatic carbocycles. The summed E-state index contributed by atoms with van der Waals surface area (Å²) in [5, 5.41) is 14.4. The molecule has 8 heteroatoms. The van der Waals surface area contributed by atoms with Gasteiger partial charge in [0.1, 0.15) is 0 Å². The lowest BCUT2D eigenvalue weighted by molar-refractivity contribution is -0.383. The van der Waals surface area contributed by atoms with Crippen molar-refractivity contribution in [3.05, 3.63) is 39.9 Å². The minimum atomic E-state index is -0.550. The Kier molecular flexibility index (Phi) is 4.45. The molecular formula is C16H20N6O2. The van der Waals surface area contributed by atoms with Crippen LogP contribution in [-0.4, -0.2) is 28.0 Å².